The van der Waals surface area contributed by atoms with Gasteiger partial charge in [0.1, 0.15) is 0 Å². The molecule has 1 nitrogen and oxygen atoms in total. The van der Waals surface area contributed by atoms with E-state index < -0.39 is 0 Å². The van der Waals surface area contributed by atoms with E-state index in [2.05, 4.69) is 18.9 Å². The molecular formula is C14H33N. The van der Waals surface area contributed by atoms with Gasteiger partial charge >= 0.3 is 0 Å². The van der Waals surface area contributed by atoms with E-state index in [1.165, 1.54) is 25.8 Å². The largest absolute Gasteiger partial charge is 0.303 e. The molecule has 1 heterocycles. The van der Waals surface area contributed by atoms with Crippen molar-refractivity contribution >= 4 is 0 Å². The topological polar surface area (TPSA) is 3.24 Å². The fraction of sp³-hybridized carbons (Fsp3) is 1.00. The van der Waals surface area contributed by atoms with Crippen LogP contribution in [-0.4, -0.2) is 24.5 Å². The summed E-state index contributed by atoms with van der Waals surface area (Å²) in [6.45, 7) is 15.7. The van der Waals surface area contributed by atoms with Gasteiger partial charge in [0.2, 0.25) is 0 Å². The van der Waals surface area contributed by atoms with Crippen molar-refractivity contribution < 1.29 is 0 Å². The molecule has 1 spiro atoms. The minimum absolute atomic E-state index is 0.814. The highest BCUT2D eigenvalue weighted by Gasteiger charge is 2.49. The second-order valence-corrected chi connectivity index (χ2v) is 3.97. The molecule has 1 atom stereocenters. The normalized spacial score (nSPS) is 25.2. The average Bonchev–Trinajstić information content (AvgIpc) is 2.99. The van der Waals surface area contributed by atoms with Crippen LogP contribution in [0.25, 0.3) is 0 Å². The fourth-order valence-corrected chi connectivity index (χ4v) is 2.07. The molecule has 0 aromatic rings. The SMILES string of the molecule is CC.CC.CC.CC1CC2(CC2)CN1C. The lowest BCUT2D eigenvalue weighted by Gasteiger charge is -2.12. The van der Waals surface area contributed by atoms with Crippen molar-refractivity contribution in [2.24, 2.45) is 5.41 Å². The first-order chi connectivity index (χ1) is 7.22. The predicted octanol–water partition coefficient (Wildman–Crippen LogP) is 4.57. The summed E-state index contributed by atoms with van der Waals surface area (Å²) in [5.74, 6) is 0. The molecule has 1 aliphatic heterocycles. The minimum atomic E-state index is 0.814. The van der Waals surface area contributed by atoms with Crippen LogP contribution < -0.4 is 0 Å². The first-order valence-electron chi connectivity index (χ1n) is 6.92. The molecule has 0 N–H and O–H groups in total. The zero-order valence-corrected chi connectivity index (χ0v) is 12.4. The molecule has 1 heteroatoms. The molecule has 94 valence electrons. The smallest absolute Gasteiger partial charge is 0.00698 e. The van der Waals surface area contributed by atoms with Gasteiger partial charge in [-0.1, -0.05) is 41.5 Å². The van der Waals surface area contributed by atoms with E-state index in [9.17, 15) is 0 Å². The van der Waals surface area contributed by atoms with E-state index in [-0.39, 0.29) is 0 Å². The molecule has 2 fully saturated rings. The summed E-state index contributed by atoms with van der Waals surface area (Å²) >= 11 is 0. The van der Waals surface area contributed by atoms with E-state index in [0.717, 1.165) is 11.5 Å². The van der Waals surface area contributed by atoms with E-state index in [0.29, 0.717) is 0 Å². The number of hydrogen-bond donors (Lipinski definition) is 0. The lowest BCUT2D eigenvalue weighted by Crippen LogP contribution is -2.21. The summed E-state index contributed by atoms with van der Waals surface area (Å²) in [5, 5.41) is 0. The molecule has 0 aromatic heterocycles. The van der Waals surface area contributed by atoms with E-state index >= 15 is 0 Å². The fourth-order valence-electron chi connectivity index (χ4n) is 2.07. The summed E-state index contributed by atoms with van der Waals surface area (Å²) in [4.78, 5) is 2.49. The molecule has 2 aliphatic rings. The van der Waals surface area contributed by atoms with E-state index in [4.69, 9.17) is 0 Å². The summed E-state index contributed by atoms with van der Waals surface area (Å²) < 4.78 is 0. The molecule has 1 unspecified atom stereocenters. The van der Waals surface area contributed by atoms with Crippen LogP contribution in [0.5, 0.6) is 0 Å². The maximum absolute atomic E-state index is 2.49. The number of likely N-dealkylation sites (tertiary alicyclic amines) is 1. The summed E-state index contributed by atoms with van der Waals surface area (Å²) in [5.41, 5.74) is 0.814. The Morgan fingerprint density at radius 2 is 1.33 bits per heavy atom. The Hall–Kier alpha value is -0.0400. The molecule has 0 amide bonds. The van der Waals surface area contributed by atoms with Crippen molar-refractivity contribution in [2.45, 2.75) is 73.8 Å². The van der Waals surface area contributed by atoms with E-state index in [1.807, 2.05) is 41.5 Å². The van der Waals surface area contributed by atoms with Crippen LogP contribution in [0, 0.1) is 5.41 Å². The molecule has 1 saturated heterocycles. The molecule has 0 aromatic carbocycles. The van der Waals surface area contributed by atoms with Gasteiger partial charge in [-0.15, -0.1) is 0 Å². The van der Waals surface area contributed by atoms with Crippen molar-refractivity contribution in [1.29, 1.82) is 0 Å². The highest BCUT2D eigenvalue weighted by molar-refractivity contribution is 5.02. The molecular weight excluding hydrogens is 182 g/mol. The van der Waals surface area contributed by atoms with Gasteiger partial charge in [0.25, 0.3) is 0 Å². The van der Waals surface area contributed by atoms with Crippen LogP contribution in [-0.2, 0) is 0 Å². The van der Waals surface area contributed by atoms with Gasteiger partial charge in [0.05, 0.1) is 0 Å². The van der Waals surface area contributed by atoms with Crippen molar-refractivity contribution in [1.82, 2.24) is 4.90 Å². The Kier molecular flexibility index (Phi) is 10.7. The summed E-state index contributed by atoms with van der Waals surface area (Å²) in [6.07, 6.45) is 4.47. The first-order valence-corrected chi connectivity index (χ1v) is 6.92. The molecule has 0 radical (unpaired) electrons. The molecule has 1 aliphatic carbocycles. The van der Waals surface area contributed by atoms with Crippen molar-refractivity contribution in [3.8, 4) is 0 Å². The minimum Gasteiger partial charge on any atom is -0.303 e. The van der Waals surface area contributed by atoms with Gasteiger partial charge in [-0.05, 0) is 38.6 Å². The van der Waals surface area contributed by atoms with Crippen LogP contribution in [0.15, 0.2) is 0 Å². The Bertz CT molecular complexity index is 115. The maximum atomic E-state index is 2.49. The third kappa shape index (κ3) is 5.55. The lowest BCUT2D eigenvalue weighted by molar-refractivity contribution is 0.323. The number of hydrogen-bond acceptors (Lipinski definition) is 1. The molecule has 15 heavy (non-hydrogen) atoms. The summed E-state index contributed by atoms with van der Waals surface area (Å²) in [6, 6.07) is 0.854. The number of rotatable bonds is 0. The van der Waals surface area contributed by atoms with Crippen LogP contribution in [0.1, 0.15) is 67.7 Å². The summed E-state index contributed by atoms with van der Waals surface area (Å²) in [7, 11) is 2.25. The van der Waals surface area contributed by atoms with Crippen LogP contribution in [0.2, 0.25) is 0 Å². The third-order valence-corrected chi connectivity index (χ3v) is 3.02. The molecule has 2 rings (SSSR count). The molecule has 0 bridgehead atoms. The van der Waals surface area contributed by atoms with Gasteiger partial charge in [-0.25, -0.2) is 0 Å². The predicted molar refractivity (Wildman–Crippen MR) is 72.4 cm³/mol. The first kappa shape index (κ1) is 17.4. The average molecular weight is 215 g/mol. The van der Waals surface area contributed by atoms with Gasteiger partial charge in [-0.3, -0.25) is 0 Å². The zero-order valence-electron chi connectivity index (χ0n) is 12.4. The molecule has 1 saturated carbocycles. The van der Waals surface area contributed by atoms with Gasteiger partial charge in [0, 0.05) is 12.6 Å². The van der Waals surface area contributed by atoms with Gasteiger partial charge in [0.15, 0.2) is 0 Å². The standard InChI is InChI=1S/C8H15N.3C2H6/c1-7-5-8(3-4-8)6-9(7)2;3*1-2/h7H,3-6H2,1-2H3;3*1-2H3. The second-order valence-electron chi connectivity index (χ2n) is 3.97. The Morgan fingerprint density at radius 1 is 0.933 bits per heavy atom. The Labute approximate surface area is 98.2 Å². The van der Waals surface area contributed by atoms with Gasteiger partial charge < -0.3 is 4.90 Å². The monoisotopic (exact) mass is 215 g/mol. The third-order valence-electron chi connectivity index (χ3n) is 3.02. The Balaban J connectivity index is 0. The zero-order chi connectivity index (χ0) is 12.5. The van der Waals surface area contributed by atoms with Crippen molar-refractivity contribution in [2.75, 3.05) is 13.6 Å². The van der Waals surface area contributed by atoms with Crippen LogP contribution in [0.3, 0.4) is 0 Å². The van der Waals surface area contributed by atoms with Crippen LogP contribution >= 0.6 is 0 Å². The van der Waals surface area contributed by atoms with Crippen molar-refractivity contribution in [3.63, 3.8) is 0 Å². The van der Waals surface area contributed by atoms with Crippen LogP contribution in [0.4, 0.5) is 0 Å². The van der Waals surface area contributed by atoms with Gasteiger partial charge in [-0.2, -0.15) is 0 Å². The Morgan fingerprint density at radius 3 is 1.47 bits per heavy atom. The highest BCUT2D eigenvalue weighted by Crippen LogP contribution is 2.54. The second kappa shape index (κ2) is 9.21. The van der Waals surface area contributed by atoms with Crippen molar-refractivity contribution in [3.05, 3.63) is 0 Å². The highest BCUT2D eigenvalue weighted by atomic mass is 15.2. The van der Waals surface area contributed by atoms with E-state index in [1.54, 1.807) is 0 Å². The number of nitrogens with zero attached hydrogens (tertiary/aromatic N) is 1. The lowest BCUT2D eigenvalue weighted by atomic mass is 10.0. The maximum Gasteiger partial charge on any atom is 0.00698 e. The quantitative estimate of drug-likeness (QED) is 0.572.